The molecule has 5 rings (SSSR count). The fourth-order valence-corrected chi connectivity index (χ4v) is 5.87. The lowest BCUT2D eigenvalue weighted by molar-refractivity contribution is -0.132. The molecule has 1 fully saturated rings. The number of hydrogen-bond acceptors (Lipinski definition) is 8. The van der Waals surface area contributed by atoms with Gasteiger partial charge in [-0.05, 0) is 79.9 Å². The number of rotatable bonds is 7. The highest BCUT2D eigenvalue weighted by Gasteiger charge is 2.48. The van der Waals surface area contributed by atoms with Crippen LogP contribution < -0.4 is 19.1 Å². The molecular formula is C30H28N2O6S. The van der Waals surface area contributed by atoms with Gasteiger partial charge in [0.2, 0.25) is 0 Å². The first kappa shape index (κ1) is 26.2. The Kier molecular flexibility index (Phi) is 7.01. The third-order valence-electron chi connectivity index (χ3n) is 6.65. The van der Waals surface area contributed by atoms with E-state index >= 15 is 0 Å². The van der Waals surface area contributed by atoms with Gasteiger partial charge in [0.25, 0.3) is 5.78 Å². The molecule has 0 unspecified atom stereocenters. The molecule has 0 saturated carbocycles. The molecule has 3 aromatic carbocycles. The average Bonchev–Trinajstić information content (AvgIpc) is 3.46. The monoisotopic (exact) mass is 544 g/mol. The number of nitrogens with zero attached hydrogens (tertiary/aromatic N) is 2. The van der Waals surface area contributed by atoms with Crippen molar-refractivity contribution >= 4 is 44.1 Å². The fourth-order valence-electron chi connectivity index (χ4n) is 4.78. The summed E-state index contributed by atoms with van der Waals surface area (Å²) in [5.74, 6) is -0.229. The molecule has 0 aliphatic carbocycles. The number of aryl methyl sites for hydroxylation is 2. The van der Waals surface area contributed by atoms with E-state index in [9.17, 15) is 14.7 Å². The summed E-state index contributed by atoms with van der Waals surface area (Å²) >= 11 is 1.32. The Hall–Kier alpha value is -4.37. The summed E-state index contributed by atoms with van der Waals surface area (Å²) in [5, 5.41) is 11.9. The maximum atomic E-state index is 13.6. The minimum atomic E-state index is -0.946. The van der Waals surface area contributed by atoms with Crippen LogP contribution >= 0.6 is 11.3 Å². The Morgan fingerprint density at radius 3 is 2.41 bits per heavy atom. The molecular weight excluding hydrogens is 516 g/mol. The van der Waals surface area contributed by atoms with Crippen LogP contribution in [-0.2, 0) is 9.59 Å². The number of thiazole rings is 1. The van der Waals surface area contributed by atoms with Gasteiger partial charge >= 0.3 is 5.91 Å². The molecule has 1 aromatic heterocycles. The van der Waals surface area contributed by atoms with E-state index in [0.717, 1.165) is 21.3 Å². The van der Waals surface area contributed by atoms with Crippen LogP contribution in [0.1, 0.15) is 35.2 Å². The zero-order valence-electron chi connectivity index (χ0n) is 22.3. The van der Waals surface area contributed by atoms with Crippen molar-refractivity contribution in [2.24, 2.45) is 0 Å². The van der Waals surface area contributed by atoms with Crippen molar-refractivity contribution in [2.75, 3.05) is 25.7 Å². The van der Waals surface area contributed by atoms with Crippen LogP contribution in [0.25, 0.3) is 16.0 Å². The van der Waals surface area contributed by atoms with Gasteiger partial charge in [0.05, 0.1) is 42.7 Å². The Morgan fingerprint density at radius 2 is 1.72 bits per heavy atom. The van der Waals surface area contributed by atoms with Gasteiger partial charge in [-0.15, -0.1) is 0 Å². The summed E-state index contributed by atoms with van der Waals surface area (Å²) in [6, 6.07) is 15.2. The SMILES string of the molecule is CCOc1ccc([C@H]2C(=C(O)c3ccc(OC)c(C)c3)C(=O)C(=O)N2c2nc3ccc(C)cc3s2)cc1OC. The molecule has 4 aromatic rings. The second-order valence-electron chi connectivity index (χ2n) is 9.16. The van der Waals surface area contributed by atoms with Crippen molar-refractivity contribution < 1.29 is 28.9 Å². The molecule has 1 amide bonds. The molecule has 2 heterocycles. The number of aliphatic hydroxyl groups excluding tert-OH is 1. The number of ketones is 1. The van der Waals surface area contributed by atoms with Crippen LogP contribution in [0.4, 0.5) is 5.13 Å². The van der Waals surface area contributed by atoms with Gasteiger partial charge < -0.3 is 19.3 Å². The minimum Gasteiger partial charge on any atom is -0.507 e. The Morgan fingerprint density at radius 1 is 0.974 bits per heavy atom. The summed E-state index contributed by atoms with van der Waals surface area (Å²) < 4.78 is 17.5. The smallest absolute Gasteiger partial charge is 0.301 e. The molecule has 200 valence electrons. The summed E-state index contributed by atoms with van der Waals surface area (Å²) in [7, 11) is 3.08. The normalized spacial score (nSPS) is 16.6. The summed E-state index contributed by atoms with van der Waals surface area (Å²) in [4.78, 5) is 33.2. The molecule has 8 nitrogen and oxygen atoms in total. The van der Waals surface area contributed by atoms with Gasteiger partial charge in [-0.3, -0.25) is 14.5 Å². The molecule has 1 N–H and O–H groups in total. The third-order valence-corrected chi connectivity index (χ3v) is 7.67. The lowest BCUT2D eigenvalue weighted by Crippen LogP contribution is -2.29. The van der Waals surface area contributed by atoms with Crippen LogP contribution in [-0.4, -0.2) is 42.6 Å². The largest absolute Gasteiger partial charge is 0.507 e. The number of hydrogen-bond donors (Lipinski definition) is 1. The number of carbonyl (C=O) groups excluding carboxylic acids is 2. The van der Waals surface area contributed by atoms with Crippen LogP contribution in [0.3, 0.4) is 0 Å². The number of methoxy groups -OCH3 is 2. The maximum Gasteiger partial charge on any atom is 0.301 e. The zero-order valence-corrected chi connectivity index (χ0v) is 23.1. The summed E-state index contributed by atoms with van der Waals surface area (Å²) in [6.45, 7) is 6.13. The van der Waals surface area contributed by atoms with E-state index in [1.165, 1.54) is 23.3 Å². The van der Waals surface area contributed by atoms with Gasteiger partial charge in [-0.25, -0.2) is 4.98 Å². The maximum absolute atomic E-state index is 13.6. The first-order valence-corrected chi connectivity index (χ1v) is 13.2. The van der Waals surface area contributed by atoms with Gasteiger partial charge in [-0.1, -0.05) is 23.5 Å². The number of aromatic nitrogens is 1. The van der Waals surface area contributed by atoms with Crippen molar-refractivity contribution in [3.63, 3.8) is 0 Å². The highest BCUT2D eigenvalue weighted by atomic mass is 32.1. The van der Waals surface area contributed by atoms with E-state index < -0.39 is 17.7 Å². The molecule has 0 bridgehead atoms. The molecule has 1 saturated heterocycles. The van der Waals surface area contributed by atoms with Crippen LogP contribution in [0, 0.1) is 13.8 Å². The fraction of sp³-hybridized carbons (Fsp3) is 0.233. The highest BCUT2D eigenvalue weighted by Crippen LogP contribution is 2.46. The van der Waals surface area contributed by atoms with Crippen molar-refractivity contribution in [1.82, 2.24) is 4.98 Å². The van der Waals surface area contributed by atoms with Crippen molar-refractivity contribution in [3.8, 4) is 17.2 Å². The van der Waals surface area contributed by atoms with Crippen molar-refractivity contribution in [2.45, 2.75) is 26.8 Å². The standard InChI is InChI=1S/C30H28N2O6S/c1-6-38-22-12-8-18(15-23(22)37-5)26-25(27(33)19-9-11-21(36-4)17(3)14-19)28(34)29(35)32(26)30-31-20-10-7-16(2)13-24(20)39-30/h7-15,26,33H,6H2,1-5H3/t26-/m0/s1. The topological polar surface area (TPSA) is 98.2 Å². The van der Waals surface area contributed by atoms with E-state index in [1.54, 1.807) is 43.5 Å². The van der Waals surface area contributed by atoms with Crippen LogP contribution in [0.5, 0.6) is 17.2 Å². The van der Waals surface area contributed by atoms with Crippen molar-refractivity contribution in [1.29, 1.82) is 0 Å². The van der Waals surface area contributed by atoms with Gasteiger partial charge in [0.1, 0.15) is 11.5 Å². The first-order valence-electron chi connectivity index (χ1n) is 12.4. The number of ether oxygens (including phenoxy) is 3. The number of aliphatic hydroxyl groups is 1. The van der Waals surface area contributed by atoms with Crippen LogP contribution in [0.15, 0.2) is 60.2 Å². The number of benzene rings is 3. The number of Topliss-reactive ketones (excluding diaryl/α,β-unsaturated/α-hetero) is 1. The number of carbonyl (C=O) groups is 2. The number of amides is 1. The average molecular weight is 545 g/mol. The van der Waals surface area contributed by atoms with Gasteiger partial charge in [0, 0.05) is 5.56 Å². The molecule has 1 atom stereocenters. The molecule has 1 aliphatic heterocycles. The second-order valence-corrected chi connectivity index (χ2v) is 10.2. The van der Waals surface area contributed by atoms with E-state index in [4.69, 9.17) is 14.2 Å². The molecule has 9 heteroatoms. The van der Waals surface area contributed by atoms with Gasteiger partial charge in [-0.2, -0.15) is 0 Å². The summed E-state index contributed by atoms with van der Waals surface area (Å²) in [6.07, 6.45) is 0. The van der Waals surface area contributed by atoms with Crippen molar-refractivity contribution in [3.05, 3.63) is 82.4 Å². The first-order chi connectivity index (χ1) is 18.8. The highest BCUT2D eigenvalue weighted by molar-refractivity contribution is 7.22. The molecule has 0 radical (unpaired) electrons. The lowest BCUT2D eigenvalue weighted by Gasteiger charge is -2.24. The zero-order chi connectivity index (χ0) is 27.8. The Bertz CT molecular complexity index is 1640. The van der Waals surface area contributed by atoms with E-state index in [0.29, 0.717) is 40.1 Å². The molecule has 1 aliphatic rings. The Labute approximate surface area is 230 Å². The summed E-state index contributed by atoms with van der Waals surface area (Å²) in [5.41, 5.74) is 3.48. The number of fused-ring (bicyclic) bond motifs is 1. The van der Waals surface area contributed by atoms with E-state index in [2.05, 4.69) is 4.98 Å². The van der Waals surface area contributed by atoms with E-state index in [1.807, 2.05) is 39.0 Å². The minimum absolute atomic E-state index is 0.0359. The predicted octanol–water partition coefficient (Wildman–Crippen LogP) is 5.96. The van der Waals surface area contributed by atoms with Gasteiger partial charge in [0.15, 0.2) is 16.6 Å². The predicted molar refractivity (Wildman–Crippen MR) is 151 cm³/mol. The lowest BCUT2D eigenvalue weighted by atomic mass is 9.94. The second kappa shape index (κ2) is 10.4. The quantitative estimate of drug-likeness (QED) is 0.174. The molecule has 39 heavy (non-hydrogen) atoms. The Balaban J connectivity index is 1.73. The van der Waals surface area contributed by atoms with Crippen LogP contribution in [0.2, 0.25) is 0 Å². The molecule has 0 spiro atoms. The number of anilines is 1. The van der Waals surface area contributed by atoms with E-state index in [-0.39, 0.29) is 11.3 Å². The third kappa shape index (κ3) is 4.59.